The molecular formula is C17H19NO2S2. The molecule has 0 aromatic heterocycles. The van der Waals surface area contributed by atoms with Crippen LogP contribution in [-0.2, 0) is 4.79 Å². The Hall–Kier alpha value is -1.33. The van der Waals surface area contributed by atoms with Crippen molar-refractivity contribution in [3.8, 4) is 5.75 Å². The van der Waals surface area contributed by atoms with E-state index in [0.29, 0.717) is 9.23 Å². The average molecular weight is 333 g/mol. The molecule has 1 aromatic rings. The van der Waals surface area contributed by atoms with E-state index in [-0.39, 0.29) is 11.9 Å². The lowest BCUT2D eigenvalue weighted by Gasteiger charge is -2.29. The second-order valence-electron chi connectivity index (χ2n) is 5.59. The van der Waals surface area contributed by atoms with Crippen molar-refractivity contribution < 1.29 is 9.53 Å². The van der Waals surface area contributed by atoms with Gasteiger partial charge in [0.1, 0.15) is 10.1 Å². The van der Waals surface area contributed by atoms with Crippen LogP contribution < -0.4 is 4.74 Å². The summed E-state index contributed by atoms with van der Waals surface area (Å²) < 4.78 is 6.04. The Morgan fingerprint density at radius 1 is 1.27 bits per heavy atom. The fourth-order valence-electron chi connectivity index (χ4n) is 3.06. The second-order valence-corrected chi connectivity index (χ2v) is 7.26. The summed E-state index contributed by atoms with van der Waals surface area (Å²) in [4.78, 5) is 15.3. The SMILES string of the molecule is COc1ccccc1C=C1SC(=S)N(C2CCCCC2)C1=O. The number of methoxy groups -OCH3 is 1. The maximum absolute atomic E-state index is 12.7. The Morgan fingerprint density at radius 2 is 2.00 bits per heavy atom. The molecule has 116 valence electrons. The number of thioether (sulfide) groups is 1. The summed E-state index contributed by atoms with van der Waals surface area (Å²) in [6.07, 6.45) is 7.66. The van der Waals surface area contributed by atoms with Crippen molar-refractivity contribution in [3.05, 3.63) is 34.7 Å². The van der Waals surface area contributed by atoms with E-state index >= 15 is 0 Å². The molecule has 3 nitrogen and oxygen atoms in total. The number of nitrogens with zero attached hydrogens (tertiary/aromatic N) is 1. The first-order chi connectivity index (χ1) is 10.7. The highest BCUT2D eigenvalue weighted by Crippen LogP contribution is 2.38. The Labute approximate surface area is 140 Å². The first-order valence-electron chi connectivity index (χ1n) is 7.61. The van der Waals surface area contributed by atoms with Crippen molar-refractivity contribution in [1.82, 2.24) is 4.90 Å². The molecule has 1 aliphatic carbocycles. The van der Waals surface area contributed by atoms with Crippen molar-refractivity contribution in [3.63, 3.8) is 0 Å². The van der Waals surface area contributed by atoms with E-state index in [0.717, 1.165) is 24.2 Å². The lowest BCUT2D eigenvalue weighted by Crippen LogP contribution is -2.39. The minimum absolute atomic E-state index is 0.0489. The van der Waals surface area contributed by atoms with Gasteiger partial charge in [0.2, 0.25) is 0 Å². The summed E-state index contributed by atoms with van der Waals surface area (Å²) in [6, 6.07) is 7.99. The molecule has 0 radical (unpaired) electrons. The second kappa shape index (κ2) is 6.84. The van der Waals surface area contributed by atoms with E-state index in [1.54, 1.807) is 7.11 Å². The predicted molar refractivity (Wildman–Crippen MR) is 94.9 cm³/mol. The Kier molecular flexibility index (Phi) is 4.84. The van der Waals surface area contributed by atoms with Crippen LogP contribution in [0.25, 0.3) is 6.08 Å². The summed E-state index contributed by atoms with van der Waals surface area (Å²) in [7, 11) is 1.64. The molecule has 0 atom stereocenters. The molecular weight excluding hydrogens is 314 g/mol. The van der Waals surface area contributed by atoms with Crippen molar-refractivity contribution >= 4 is 40.3 Å². The van der Waals surface area contributed by atoms with Crippen LogP contribution in [0.3, 0.4) is 0 Å². The molecule has 0 N–H and O–H groups in total. The number of hydrogen-bond donors (Lipinski definition) is 0. The summed E-state index contributed by atoms with van der Waals surface area (Å²) in [5.74, 6) is 0.818. The van der Waals surface area contributed by atoms with Crippen molar-refractivity contribution in [2.24, 2.45) is 0 Å². The fourth-order valence-corrected chi connectivity index (χ4v) is 4.45. The maximum atomic E-state index is 12.7. The maximum Gasteiger partial charge on any atom is 0.266 e. The molecule has 1 saturated carbocycles. The number of carbonyl (C=O) groups excluding carboxylic acids is 1. The third kappa shape index (κ3) is 3.06. The van der Waals surface area contributed by atoms with Crippen molar-refractivity contribution in [2.45, 2.75) is 38.1 Å². The standard InChI is InChI=1S/C17H19NO2S2/c1-20-14-10-6-5-7-12(14)11-15-16(19)18(17(21)22-15)13-8-3-2-4-9-13/h5-7,10-11,13H,2-4,8-9H2,1H3. The van der Waals surface area contributed by atoms with E-state index in [2.05, 4.69) is 0 Å². The molecule has 1 aliphatic heterocycles. The molecule has 2 fully saturated rings. The normalized spacial score (nSPS) is 21.7. The number of thiocarbonyl (C=S) groups is 1. The number of ether oxygens (including phenoxy) is 1. The zero-order valence-electron chi connectivity index (χ0n) is 12.6. The monoisotopic (exact) mass is 333 g/mol. The van der Waals surface area contributed by atoms with Crippen LogP contribution in [0.1, 0.15) is 37.7 Å². The lowest BCUT2D eigenvalue weighted by molar-refractivity contribution is -0.124. The molecule has 0 bridgehead atoms. The third-order valence-electron chi connectivity index (χ3n) is 4.19. The highest BCUT2D eigenvalue weighted by Gasteiger charge is 2.37. The molecule has 1 aromatic carbocycles. The van der Waals surface area contributed by atoms with Gasteiger partial charge in [-0.1, -0.05) is 61.4 Å². The minimum atomic E-state index is 0.0489. The quantitative estimate of drug-likeness (QED) is 0.611. The van der Waals surface area contributed by atoms with Gasteiger partial charge in [-0.2, -0.15) is 0 Å². The Balaban J connectivity index is 1.85. The number of hydrogen-bond acceptors (Lipinski definition) is 4. The topological polar surface area (TPSA) is 29.5 Å². The van der Waals surface area contributed by atoms with Gasteiger partial charge in [-0.25, -0.2) is 0 Å². The van der Waals surface area contributed by atoms with Crippen LogP contribution in [0.2, 0.25) is 0 Å². The number of carbonyl (C=O) groups is 1. The molecule has 3 rings (SSSR count). The fraction of sp³-hybridized carbons (Fsp3) is 0.412. The lowest BCUT2D eigenvalue weighted by atomic mass is 9.94. The zero-order valence-corrected chi connectivity index (χ0v) is 14.2. The van der Waals surface area contributed by atoms with Gasteiger partial charge in [-0.05, 0) is 25.0 Å². The van der Waals surface area contributed by atoms with E-state index in [1.807, 2.05) is 35.2 Å². The molecule has 0 spiro atoms. The zero-order chi connectivity index (χ0) is 15.5. The van der Waals surface area contributed by atoms with Gasteiger partial charge in [0.05, 0.1) is 12.0 Å². The van der Waals surface area contributed by atoms with Gasteiger partial charge >= 0.3 is 0 Å². The number of para-hydroxylation sites is 1. The van der Waals surface area contributed by atoms with Crippen molar-refractivity contribution in [1.29, 1.82) is 0 Å². The van der Waals surface area contributed by atoms with Crippen LogP contribution in [-0.4, -0.2) is 28.3 Å². The first kappa shape index (κ1) is 15.6. The van der Waals surface area contributed by atoms with Gasteiger partial charge in [-0.3, -0.25) is 9.69 Å². The summed E-state index contributed by atoms with van der Waals surface area (Å²) in [6.45, 7) is 0. The van der Waals surface area contributed by atoms with Gasteiger partial charge in [0.15, 0.2) is 0 Å². The van der Waals surface area contributed by atoms with E-state index in [9.17, 15) is 4.79 Å². The molecule has 5 heteroatoms. The first-order valence-corrected chi connectivity index (χ1v) is 8.83. The van der Waals surface area contributed by atoms with Gasteiger partial charge in [0.25, 0.3) is 5.91 Å². The Bertz CT molecular complexity index is 621. The molecule has 22 heavy (non-hydrogen) atoms. The molecule has 2 aliphatic rings. The van der Waals surface area contributed by atoms with Crippen LogP contribution in [0.4, 0.5) is 0 Å². The molecule has 1 heterocycles. The highest BCUT2D eigenvalue weighted by molar-refractivity contribution is 8.26. The number of benzene rings is 1. The largest absolute Gasteiger partial charge is 0.496 e. The van der Waals surface area contributed by atoms with Crippen LogP contribution in [0.5, 0.6) is 5.75 Å². The summed E-state index contributed by atoms with van der Waals surface area (Å²) in [5, 5.41) is 0. The average Bonchev–Trinajstić information content (AvgIpc) is 2.83. The van der Waals surface area contributed by atoms with Crippen molar-refractivity contribution in [2.75, 3.05) is 7.11 Å². The van der Waals surface area contributed by atoms with Crippen LogP contribution in [0.15, 0.2) is 29.2 Å². The third-order valence-corrected chi connectivity index (χ3v) is 5.52. The van der Waals surface area contributed by atoms with Gasteiger partial charge < -0.3 is 4.74 Å². The Morgan fingerprint density at radius 3 is 2.73 bits per heavy atom. The minimum Gasteiger partial charge on any atom is -0.496 e. The van der Waals surface area contributed by atoms with Crippen LogP contribution in [0, 0.1) is 0 Å². The summed E-state index contributed by atoms with van der Waals surface area (Å²) in [5.41, 5.74) is 0.911. The van der Waals surface area contributed by atoms with E-state index < -0.39 is 0 Å². The van der Waals surface area contributed by atoms with Gasteiger partial charge in [0, 0.05) is 11.6 Å². The molecule has 0 unspecified atom stereocenters. The smallest absolute Gasteiger partial charge is 0.266 e. The number of amides is 1. The molecule has 1 saturated heterocycles. The van der Waals surface area contributed by atoms with E-state index in [4.69, 9.17) is 17.0 Å². The van der Waals surface area contributed by atoms with Crippen LogP contribution >= 0.6 is 24.0 Å². The number of rotatable bonds is 3. The predicted octanol–water partition coefficient (Wildman–Crippen LogP) is 4.23. The summed E-state index contributed by atoms with van der Waals surface area (Å²) >= 11 is 6.85. The van der Waals surface area contributed by atoms with E-state index in [1.165, 1.54) is 31.0 Å². The highest BCUT2D eigenvalue weighted by atomic mass is 32.2. The van der Waals surface area contributed by atoms with Gasteiger partial charge in [-0.15, -0.1) is 0 Å². The molecule has 1 amide bonds.